The van der Waals surface area contributed by atoms with Gasteiger partial charge in [0.15, 0.2) is 6.61 Å². The molecule has 6 heteroatoms. The van der Waals surface area contributed by atoms with Gasteiger partial charge in [-0.1, -0.05) is 12.1 Å². The van der Waals surface area contributed by atoms with Crippen molar-refractivity contribution in [1.29, 1.82) is 0 Å². The molecule has 0 bridgehead atoms. The summed E-state index contributed by atoms with van der Waals surface area (Å²) in [6, 6.07) is 9.89. The Hall–Kier alpha value is -3.28. The number of fused-ring (bicyclic) bond motifs is 1. The van der Waals surface area contributed by atoms with E-state index >= 15 is 0 Å². The lowest BCUT2D eigenvalue weighted by Gasteiger charge is -2.07. The molecule has 0 spiro atoms. The normalized spacial score (nSPS) is 13.9. The SMILES string of the molecule is Cc1cc(C(=O)COC(=O)/C=C/c2cnc3ccccc3n2)c(C)n1C1CC1. The summed E-state index contributed by atoms with van der Waals surface area (Å²) in [6.45, 7) is 3.67. The van der Waals surface area contributed by atoms with E-state index in [-0.39, 0.29) is 12.4 Å². The van der Waals surface area contributed by atoms with E-state index in [0.717, 1.165) is 35.3 Å². The molecule has 6 nitrogen and oxygen atoms in total. The topological polar surface area (TPSA) is 74.1 Å². The van der Waals surface area contributed by atoms with Crippen molar-refractivity contribution in [2.45, 2.75) is 32.7 Å². The first kappa shape index (κ1) is 18.1. The zero-order chi connectivity index (χ0) is 19.7. The summed E-state index contributed by atoms with van der Waals surface area (Å²) in [6.07, 6.45) is 6.69. The Morgan fingerprint density at radius 1 is 1.21 bits per heavy atom. The van der Waals surface area contributed by atoms with E-state index in [1.807, 2.05) is 44.2 Å². The number of esters is 1. The molecular formula is C22H21N3O3. The predicted molar refractivity (Wildman–Crippen MR) is 106 cm³/mol. The van der Waals surface area contributed by atoms with Crippen LogP contribution in [0.25, 0.3) is 17.1 Å². The third-order valence-corrected chi connectivity index (χ3v) is 4.90. The Labute approximate surface area is 162 Å². The molecule has 1 aromatic carbocycles. The Bertz CT molecular complexity index is 1090. The molecule has 2 heterocycles. The first-order valence-electron chi connectivity index (χ1n) is 9.31. The third-order valence-electron chi connectivity index (χ3n) is 4.90. The lowest BCUT2D eigenvalue weighted by molar-refractivity contribution is -0.136. The van der Waals surface area contributed by atoms with Gasteiger partial charge in [0.1, 0.15) is 0 Å². The highest BCUT2D eigenvalue weighted by atomic mass is 16.5. The molecule has 1 aliphatic rings. The maximum atomic E-state index is 12.5. The summed E-state index contributed by atoms with van der Waals surface area (Å²) in [5.74, 6) is -0.772. The Balaban J connectivity index is 1.38. The highest BCUT2D eigenvalue weighted by Gasteiger charge is 2.28. The number of hydrogen-bond donors (Lipinski definition) is 0. The maximum absolute atomic E-state index is 12.5. The molecule has 0 unspecified atom stereocenters. The fourth-order valence-electron chi connectivity index (χ4n) is 3.42. The van der Waals surface area contributed by atoms with E-state index in [0.29, 0.717) is 17.3 Å². The minimum atomic E-state index is -0.584. The molecular weight excluding hydrogens is 354 g/mol. The van der Waals surface area contributed by atoms with Crippen LogP contribution in [-0.4, -0.2) is 32.9 Å². The van der Waals surface area contributed by atoms with Gasteiger partial charge in [0, 0.05) is 29.1 Å². The summed E-state index contributed by atoms with van der Waals surface area (Å²) in [5, 5.41) is 0. The molecule has 0 N–H and O–H groups in total. The van der Waals surface area contributed by atoms with Gasteiger partial charge in [-0.05, 0) is 51.0 Å². The average molecular weight is 375 g/mol. The van der Waals surface area contributed by atoms with Crippen molar-refractivity contribution in [3.8, 4) is 0 Å². The number of aromatic nitrogens is 3. The van der Waals surface area contributed by atoms with E-state index in [4.69, 9.17) is 4.74 Å². The molecule has 0 amide bonds. The number of carbonyl (C=O) groups is 2. The zero-order valence-electron chi connectivity index (χ0n) is 15.9. The van der Waals surface area contributed by atoms with E-state index in [1.54, 1.807) is 6.20 Å². The van der Waals surface area contributed by atoms with Gasteiger partial charge in [0.05, 0.1) is 22.9 Å². The van der Waals surface area contributed by atoms with E-state index in [9.17, 15) is 9.59 Å². The van der Waals surface area contributed by atoms with Gasteiger partial charge in [-0.15, -0.1) is 0 Å². The first-order chi connectivity index (χ1) is 13.5. The number of nitrogens with zero attached hydrogens (tertiary/aromatic N) is 3. The highest BCUT2D eigenvalue weighted by Crippen LogP contribution is 2.38. The second-order valence-electron chi connectivity index (χ2n) is 7.03. The van der Waals surface area contributed by atoms with Gasteiger partial charge in [-0.25, -0.2) is 9.78 Å². The molecule has 2 aromatic heterocycles. The van der Waals surface area contributed by atoms with Crippen molar-refractivity contribution < 1.29 is 14.3 Å². The molecule has 28 heavy (non-hydrogen) atoms. The number of Topliss-reactive ketones (excluding diaryl/α,β-unsaturated/α-hetero) is 1. The van der Waals surface area contributed by atoms with Gasteiger partial charge < -0.3 is 9.30 Å². The Kier molecular flexibility index (Phi) is 4.77. The summed E-state index contributed by atoms with van der Waals surface area (Å²) >= 11 is 0. The van der Waals surface area contributed by atoms with Crippen molar-refractivity contribution >= 4 is 28.9 Å². The van der Waals surface area contributed by atoms with E-state index in [1.165, 1.54) is 12.2 Å². The molecule has 3 aromatic rings. The molecule has 1 fully saturated rings. The molecule has 0 aliphatic heterocycles. The van der Waals surface area contributed by atoms with Gasteiger partial charge in [0.25, 0.3) is 0 Å². The summed E-state index contributed by atoms with van der Waals surface area (Å²) in [5.41, 5.74) is 4.74. The zero-order valence-corrected chi connectivity index (χ0v) is 15.9. The number of para-hydroxylation sites is 2. The lowest BCUT2D eigenvalue weighted by atomic mass is 10.1. The van der Waals surface area contributed by atoms with Crippen LogP contribution in [0.15, 0.2) is 42.6 Å². The largest absolute Gasteiger partial charge is 0.454 e. The summed E-state index contributed by atoms with van der Waals surface area (Å²) in [4.78, 5) is 33.1. The van der Waals surface area contributed by atoms with Crippen LogP contribution >= 0.6 is 0 Å². The van der Waals surface area contributed by atoms with Crippen LogP contribution in [0.5, 0.6) is 0 Å². The Morgan fingerprint density at radius 2 is 1.96 bits per heavy atom. The van der Waals surface area contributed by atoms with Crippen LogP contribution in [0.4, 0.5) is 0 Å². The molecule has 142 valence electrons. The molecule has 1 saturated carbocycles. The minimum Gasteiger partial charge on any atom is -0.454 e. The molecule has 1 aliphatic carbocycles. The summed E-state index contributed by atoms with van der Waals surface area (Å²) in [7, 11) is 0. The van der Waals surface area contributed by atoms with Crippen LogP contribution < -0.4 is 0 Å². The lowest BCUT2D eigenvalue weighted by Crippen LogP contribution is -2.13. The number of benzene rings is 1. The first-order valence-corrected chi connectivity index (χ1v) is 9.31. The summed E-state index contributed by atoms with van der Waals surface area (Å²) < 4.78 is 7.32. The monoisotopic (exact) mass is 375 g/mol. The number of ketones is 1. The van der Waals surface area contributed by atoms with E-state index < -0.39 is 5.97 Å². The van der Waals surface area contributed by atoms with Gasteiger partial charge >= 0.3 is 5.97 Å². The van der Waals surface area contributed by atoms with E-state index in [2.05, 4.69) is 14.5 Å². The minimum absolute atomic E-state index is 0.188. The van der Waals surface area contributed by atoms with Crippen LogP contribution in [0.3, 0.4) is 0 Å². The number of rotatable bonds is 6. The van der Waals surface area contributed by atoms with Crippen molar-refractivity contribution in [2.24, 2.45) is 0 Å². The van der Waals surface area contributed by atoms with Crippen molar-refractivity contribution in [3.05, 3.63) is 65.2 Å². The van der Waals surface area contributed by atoms with Crippen molar-refractivity contribution in [2.75, 3.05) is 6.61 Å². The van der Waals surface area contributed by atoms with Crippen LogP contribution in [0.2, 0.25) is 0 Å². The average Bonchev–Trinajstić information content (AvgIpc) is 3.48. The van der Waals surface area contributed by atoms with Gasteiger partial charge in [-0.3, -0.25) is 9.78 Å². The van der Waals surface area contributed by atoms with Crippen LogP contribution in [0, 0.1) is 13.8 Å². The fourth-order valence-corrected chi connectivity index (χ4v) is 3.42. The van der Waals surface area contributed by atoms with Crippen LogP contribution in [-0.2, 0) is 9.53 Å². The van der Waals surface area contributed by atoms with Gasteiger partial charge in [-0.2, -0.15) is 0 Å². The smallest absolute Gasteiger partial charge is 0.331 e. The number of carbonyl (C=O) groups excluding carboxylic acids is 2. The predicted octanol–water partition coefficient (Wildman–Crippen LogP) is 3.82. The second-order valence-corrected chi connectivity index (χ2v) is 7.03. The van der Waals surface area contributed by atoms with Gasteiger partial charge in [0.2, 0.25) is 5.78 Å². The molecule has 0 atom stereocenters. The standard InChI is InChI=1S/C22H21N3O3/c1-14-11-18(15(2)25(14)17-8-9-17)21(26)13-28-22(27)10-7-16-12-23-19-5-3-4-6-20(19)24-16/h3-7,10-12,17H,8-9,13H2,1-2H3/b10-7+. The molecule has 0 radical (unpaired) electrons. The number of aryl methyl sites for hydroxylation is 1. The second kappa shape index (κ2) is 7.38. The van der Waals surface area contributed by atoms with Crippen molar-refractivity contribution in [3.63, 3.8) is 0 Å². The quantitative estimate of drug-likeness (QED) is 0.372. The molecule has 4 rings (SSSR count). The third kappa shape index (κ3) is 3.71. The Morgan fingerprint density at radius 3 is 2.71 bits per heavy atom. The van der Waals surface area contributed by atoms with Crippen LogP contribution in [0.1, 0.15) is 46.3 Å². The fraction of sp³-hybridized carbons (Fsp3) is 0.273. The number of hydrogen-bond acceptors (Lipinski definition) is 5. The van der Waals surface area contributed by atoms with Crippen molar-refractivity contribution in [1.82, 2.24) is 14.5 Å². The maximum Gasteiger partial charge on any atom is 0.331 e. The highest BCUT2D eigenvalue weighted by molar-refractivity contribution is 6.00. The number of ether oxygens (including phenoxy) is 1. The molecule has 0 saturated heterocycles.